The van der Waals surface area contributed by atoms with Crippen molar-refractivity contribution >= 4 is 46.9 Å². The van der Waals surface area contributed by atoms with Crippen LogP contribution in [0.1, 0.15) is 57.5 Å². The fourth-order valence-electron chi connectivity index (χ4n) is 2.48. The Morgan fingerprint density at radius 2 is 1.83 bits per heavy atom. The van der Waals surface area contributed by atoms with E-state index in [9.17, 15) is 0 Å². The van der Waals surface area contributed by atoms with Crippen molar-refractivity contribution in [2.24, 2.45) is 20.3 Å². The first kappa shape index (κ1) is 30.9. The molecule has 7 nitrogen and oxygen atoms in total. The molecule has 0 bridgehead atoms. The molecule has 0 saturated heterocycles. The van der Waals surface area contributed by atoms with Crippen molar-refractivity contribution in [3.8, 4) is 0 Å². The smallest absolute Gasteiger partial charge is 0.763 e. The van der Waals surface area contributed by atoms with Gasteiger partial charge in [-0.05, 0) is 44.8 Å². The van der Waals surface area contributed by atoms with Gasteiger partial charge in [0, 0.05) is 44.3 Å². The van der Waals surface area contributed by atoms with Gasteiger partial charge in [0.15, 0.2) is 0 Å². The van der Waals surface area contributed by atoms with E-state index in [2.05, 4.69) is 50.2 Å². The topological polar surface area (TPSA) is 75.6 Å². The molecule has 1 aromatic rings. The Morgan fingerprint density at radius 1 is 1.20 bits per heavy atom. The van der Waals surface area contributed by atoms with Gasteiger partial charge in [-0.2, -0.15) is 15.3 Å². The van der Waals surface area contributed by atoms with E-state index in [-0.39, 0.29) is 17.1 Å². The summed E-state index contributed by atoms with van der Waals surface area (Å²) in [6, 6.07) is 2.09. The standard InChI is InChI=1S/C18H30N6OS2.C2H6.Cu/c1-7-16(26)21-22-17(13(3)20-23-18(27)19-5)15-11-12(2)24(14(15)4)9-8-10-25-6;1-2;/h11H,7-10H2,1-6H3,(H,21,26)(H2,19,23,27);1-2H3;/q;;+2/p-2/b20-13+,22-17-;;. The van der Waals surface area contributed by atoms with Crippen molar-refractivity contribution in [2.75, 3.05) is 20.8 Å². The van der Waals surface area contributed by atoms with E-state index in [1.807, 2.05) is 27.7 Å². The van der Waals surface area contributed by atoms with E-state index in [4.69, 9.17) is 30.0 Å². The third-order valence-electron chi connectivity index (χ3n) is 3.99. The summed E-state index contributed by atoms with van der Waals surface area (Å²) < 4.78 is 7.41. The second-order valence-electron chi connectivity index (χ2n) is 5.92. The van der Waals surface area contributed by atoms with Crippen molar-refractivity contribution in [3.63, 3.8) is 0 Å². The molecule has 1 heterocycles. The summed E-state index contributed by atoms with van der Waals surface area (Å²) in [5, 5.41) is 13.7. The first-order valence-corrected chi connectivity index (χ1v) is 10.6. The summed E-state index contributed by atoms with van der Waals surface area (Å²) in [6.07, 6.45) is 1.60. The molecule has 0 aromatic carbocycles. The van der Waals surface area contributed by atoms with Gasteiger partial charge in [0.25, 0.3) is 0 Å². The molecule has 0 aliphatic rings. The Labute approximate surface area is 203 Å². The maximum atomic E-state index is 5.19. The Kier molecular flexibility index (Phi) is 17.9. The van der Waals surface area contributed by atoms with Crippen molar-refractivity contribution < 1.29 is 21.8 Å². The van der Waals surface area contributed by atoms with Crippen LogP contribution in [-0.2, 0) is 53.6 Å². The molecule has 0 atom stereocenters. The molecular formula is C20H34CuN6OS2. The second kappa shape index (κ2) is 17.4. The molecule has 0 aliphatic heterocycles. The number of amidine groups is 1. The Hall–Kier alpha value is -1.32. The van der Waals surface area contributed by atoms with Crippen molar-refractivity contribution in [3.05, 3.63) is 23.0 Å². The van der Waals surface area contributed by atoms with Crippen LogP contribution >= 0.6 is 0 Å². The fraction of sp³-hybridized carbons (Fsp3) is 0.600. The number of aliphatic imine (C=N–C) groups is 1. The zero-order valence-electron chi connectivity index (χ0n) is 19.2. The van der Waals surface area contributed by atoms with Crippen LogP contribution in [0.25, 0.3) is 0 Å². The minimum Gasteiger partial charge on any atom is -0.763 e. The molecule has 30 heavy (non-hydrogen) atoms. The number of rotatable bonds is 9. The average Bonchev–Trinajstić information content (AvgIpc) is 3.01. The monoisotopic (exact) mass is 501 g/mol. The maximum absolute atomic E-state index is 5.19. The summed E-state index contributed by atoms with van der Waals surface area (Å²) in [6.45, 7) is 13.5. The average molecular weight is 502 g/mol. The largest absolute Gasteiger partial charge is 2.00 e. The van der Waals surface area contributed by atoms with Crippen LogP contribution in [0.5, 0.6) is 0 Å². The predicted molar refractivity (Wildman–Crippen MR) is 130 cm³/mol. The molecular weight excluding hydrogens is 468 g/mol. The number of hydrazone groups is 1. The van der Waals surface area contributed by atoms with Gasteiger partial charge < -0.3 is 34.6 Å². The molecule has 1 N–H and O–H groups in total. The van der Waals surface area contributed by atoms with Crippen LogP contribution in [0.4, 0.5) is 0 Å². The number of aryl methyl sites for hydroxylation is 1. The van der Waals surface area contributed by atoms with Crippen molar-refractivity contribution in [2.45, 2.75) is 60.9 Å². The molecule has 10 heteroatoms. The number of ether oxygens (including phenoxy) is 1. The van der Waals surface area contributed by atoms with Crippen LogP contribution in [0.3, 0.4) is 0 Å². The van der Waals surface area contributed by atoms with Crippen LogP contribution in [0.15, 0.2) is 26.4 Å². The predicted octanol–water partition coefficient (Wildman–Crippen LogP) is 3.72. The van der Waals surface area contributed by atoms with E-state index >= 15 is 0 Å². The molecule has 0 saturated carbocycles. The Balaban J connectivity index is 0. The van der Waals surface area contributed by atoms with Gasteiger partial charge in [0.2, 0.25) is 0 Å². The van der Waals surface area contributed by atoms with E-state index in [0.717, 1.165) is 36.5 Å². The Morgan fingerprint density at radius 3 is 2.37 bits per heavy atom. The van der Waals surface area contributed by atoms with Gasteiger partial charge in [0.05, 0.1) is 5.71 Å². The fourth-order valence-corrected chi connectivity index (χ4v) is 2.57. The van der Waals surface area contributed by atoms with Gasteiger partial charge in [-0.15, -0.1) is 0 Å². The maximum Gasteiger partial charge on any atom is 2.00 e. The van der Waals surface area contributed by atoms with Gasteiger partial charge in [-0.1, -0.05) is 25.8 Å². The van der Waals surface area contributed by atoms with Crippen molar-refractivity contribution in [1.82, 2.24) is 9.99 Å². The SMILES string of the molecule is CC.CC/C([S-])=N/N=C(/C(C)=N/NC([S-])=NC)c1cc(C)n(CCCOC)c1C.[Cu+2]. The normalized spacial score (nSPS) is 12.8. The van der Waals surface area contributed by atoms with E-state index < -0.39 is 0 Å². The molecule has 1 aromatic heterocycles. The van der Waals surface area contributed by atoms with Crippen molar-refractivity contribution in [1.29, 1.82) is 0 Å². The summed E-state index contributed by atoms with van der Waals surface area (Å²) in [4.78, 5) is 3.87. The number of hydrogen-bond donors (Lipinski definition) is 1. The number of methoxy groups -OCH3 is 1. The Bertz CT molecular complexity index is 757. The molecule has 0 aliphatic carbocycles. The molecule has 0 spiro atoms. The van der Waals surface area contributed by atoms with Crippen LogP contribution in [0.2, 0.25) is 0 Å². The zero-order chi connectivity index (χ0) is 22.4. The summed E-state index contributed by atoms with van der Waals surface area (Å²) >= 11 is 10.2. The van der Waals surface area contributed by atoms with E-state index in [1.54, 1.807) is 14.2 Å². The number of nitrogens with one attached hydrogen (secondary N) is 1. The van der Waals surface area contributed by atoms with Gasteiger partial charge in [-0.3, -0.25) is 10.4 Å². The molecule has 173 valence electrons. The minimum atomic E-state index is 0. The van der Waals surface area contributed by atoms with Gasteiger partial charge in [0.1, 0.15) is 5.71 Å². The molecule has 0 fully saturated rings. The first-order valence-electron chi connectivity index (χ1n) is 9.77. The number of aromatic nitrogens is 1. The molecule has 0 amide bonds. The molecule has 1 rings (SSSR count). The summed E-state index contributed by atoms with van der Waals surface area (Å²) in [7, 11) is 3.32. The van der Waals surface area contributed by atoms with Gasteiger partial charge >= 0.3 is 17.1 Å². The van der Waals surface area contributed by atoms with Crippen LogP contribution in [-0.4, -0.2) is 47.0 Å². The third-order valence-corrected chi connectivity index (χ3v) is 4.63. The number of nitrogens with zero attached hydrogens (tertiary/aromatic N) is 5. The molecule has 0 unspecified atom stereocenters. The number of hydrogen-bond acceptors (Lipinski definition) is 7. The zero-order valence-corrected chi connectivity index (χ0v) is 21.7. The second-order valence-corrected chi connectivity index (χ2v) is 6.77. The van der Waals surface area contributed by atoms with Crippen LogP contribution in [0, 0.1) is 13.8 Å². The quantitative estimate of drug-likeness (QED) is 0.140. The summed E-state index contributed by atoms with van der Waals surface area (Å²) in [5.74, 6) is 0. The third kappa shape index (κ3) is 10.1. The van der Waals surface area contributed by atoms with E-state index in [1.165, 1.54) is 0 Å². The van der Waals surface area contributed by atoms with Crippen LogP contribution < -0.4 is 5.43 Å². The van der Waals surface area contributed by atoms with E-state index in [0.29, 0.717) is 28.1 Å². The summed E-state index contributed by atoms with van der Waals surface area (Å²) in [5.41, 5.74) is 7.26. The first-order chi connectivity index (χ1) is 13.8. The minimum absolute atomic E-state index is 0. The van der Waals surface area contributed by atoms with Gasteiger partial charge in [-0.25, -0.2) is 0 Å². The molecule has 1 radical (unpaired) electrons.